The highest BCUT2D eigenvalue weighted by atomic mass is 16.5. The van der Waals surface area contributed by atoms with Crippen LogP contribution in [-0.2, 0) is 0 Å². The molecule has 0 heterocycles. The fourth-order valence-corrected chi connectivity index (χ4v) is 2.91. The SMILES string of the molecule is CC(C)COc1ccc(OCC(C)C)c(-c2cccc3ccccc23)c1. The van der Waals surface area contributed by atoms with E-state index in [0.29, 0.717) is 25.0 Å². The van der Waals surface area contributed by atoms with Crippen molar-refractivity contribution in [3.05, 3.63) is 60.7 Å². The van der Waals surface area contributed by atoms with Gasteiger partial charge in [0.1, 0.15) is 11.5 Å². The summed E-state index contributed by atoms with van der Waals surface area (Å²) in [6.45, 7) is 10.1. The molecule has 3 rings (SSSR count). The average Bonchev–Trinajstić information content (AvgIpc) is 2.64. The van der Waals surface area contributed by atoms with Crippen LogP contribution in [0.5, 0.6) is 11.5 Å². The molecule has 0 aliphatic heterocycles. The van der Waals surface area contributed by atoms with Crippen molar-refractivity contribution in [3.63, 3.8) is 0 Å². The molecule has 0 saturated carbocycles. The predicted octanol–water partition coefficient (Wildman–Crippen LogP) is 6.58. The average molecular weight is 348 g/mol. The van der Waals surface area contributed by atoms with Crippen LogP contribution in [0, 0.1) is 11.8 Å². The summed E-state index contributed by atoms with van der Waals surface area (Å²) in [4.78, 5) is 0. The maximum absolute atomic E-state index is 6.13. The van der Waals surface area contributed by atoms with Gasteiger partial charge >= 0.3 is 0 Å². The normalized spacial score (nSPS) is 11.3. The first-order valence-electron chi connectivity index (χ1n) is 9.42. The van der Waals surface area contributed by atoms with E-state index in [4.69, 9.17) is 9.47 Å². The van der Waals surface area contributed by atoms with Crippen LogP contribution in [0.1, 0.15) is 27.7 Å². The first kappa shape index (κ1) is 18.3. The first-order valence-corrected chi connectivity index (χ1v) is 9.42. The smallest absolute Gasteiger partial charge is 0.127 e. The summed E-state index contributed by atoms with van der Waals surface area (Å²) in [6.07, 6.45) is 0. The number of benzene rings is 3. The van der Waals surface area contributed by atoms with E-state index >= 15 is 0 Å². The summed E-state index contributed by atoms with van der Waals surface area (Å²) >= 11 is 0. The molecule has 2 heteroatoms. The Morgan fingerprint density at radius 2 is 1.38 bits per heavy atom. The number of rotatable bonds is 7. The zero-order chi connectivity index (χ0) is 18.5. The van der Waals surface area contributed by atoms with Crippen LogP contribution in [-0.4, -0.2) is 13.2 Å². The molecule has 0 aliphatic rings. The molecule has 3 aromatic carbocycles. The van der Waals surface area contributed by atoms with Gasteiger partial charge in [0.25, 0.3) is 0 Å². The fraction of sp³-hybridized carbons (Fsp3) is 0.333. The topological polar surface area (TPSA) is 18.5 Å². The second-order valence-electron chi connectivity index (χ2n) is 7.59. The molecule has 0 spiro atoms. The van der Waals surface area contributed by atoms with E-state index in [1.165, 1.54) is 16.3 Å². The van der Waals surface area contributed by atoms with Crippen molar-refractivity contribution < 1.29 is 9.47 Å². The third kappa shape index (κ3) is 4.37. The van der Waals surface area contributed by atoms with E-state index in [1.54, 1.807) is 0 Å². The van der Waals surface area contributed by atoms with Crippen LogP contribution in [0.4, 0.5) is 0 Å². The van der Waals surface area contributed by atoms with Gasteiger partial charge in [-0.05, 0) is 46.4 Å². The highest BCUT2D eigenvalue weighted by Crippen LogP contribution is 2.37. The van der Waals surface area contributed by atoms with E-state index in [9.17, 15) is 0 Å². The Morgan fingerprint density at radius 3 is 2.15 bits per heavy atom. The van der Waals surface area contributed by atoms with E-state index in [0.717, 1.165) is 17.1 Å². The van der Waals surface area contributed by atoms with Crippen LogP contribution >= 0.6 is 0 Å². The molecule has 0 unspecified atom stereocenters. The van der Waals surface area contributed by atoms with Gasteiger partial charge in [0.15, 0.2) is 0 Å². The Hall–Kier alpha value is -2.48. The molecule has 0 radical (unpaired) electrons. The quantitative estimate of drug-likeness (QED) is 0.480. The van der Waals surface area contributed by atoms with Gasteiger partial charge in [-0.15, -0.1) is 0 Å². The van der Waals surface area contributed by atoms with E-state index in [-0.39, 0.29) is 0 Å². The number of fused-ring (bicyclic) bond motifs is 1. The highest BCUT2D eigenvalue weighted by Gasteiger charge is 2.12. The highest BCUT2D eigenvalue weighted by molar-refractivity contribution is 5.98. The molecule has 136 valence electrons. The third-order valence-electron chi connectivity index (χ3n) is 4.19. The molecule has 0 saturated heterocycles. The van der Waals surface area contributed by atoms with Crippen LogP contribution in [0.15, 0.2) is 60.7 Å². The summed E-state index contributed by atoms with van der Waals surface area (Å²) in [5.74, 6) is 2.77. The number of ether oxygens (including phenoxy) is 2. The molecule has 0 bridgehead atoms. The minimum absolute atomic E-state index is 0.479. The lowest BCUT2D eigenvalue weighted by Crippen LogP contribution is -2.07. The van der Waals surface area contributed by atoms with Gasteiger partial charge in [-0.1, -0.05) is 70.2 Å². The van der Waals surface area contributed by atoms with Crippen molar-refractivity contribution in [2.45, 2.75) is 27.7 Å². The molecule has 0 N–H and O–H groups in total. The van der Waals surface area contributed by atoms with Gasteiger partial charge in [-0.25, -0.2) is 0 Å². The van der Waals surface area contributed by atoms with Crippen LogP contribution < -0.4 is 9.47 Å². The lowest BCUT2D eigenvalue weighted by atomic mass is 9.97. The van der Waals surface area contributed by atoms with E-state index in [1.807, 2.05) is 12.1 Å². The Labute approximate surface area is 156 Å². The summed E-state index contributed by atoms with van der Waals surface area (Å²) in [6, 6.07) is 21.0. The Kier molecular flexibility index (Phi) is 5.82. The Morgan fingerprint density at radius 1 is 0.692 bits per heavy atom. The molecule has 0 atom stereocenters. The lowest BCUT2D eigenvalue weighted by Gasteiger charge is -2.17. The molecular formula is C24H28O2. The minimum Gasteiger partial charge on any atom is -0.493 e. The second kappa shape index (κ2) is 8.27. The van der Waals surface area contributed by atoms with Gasteiger partial charge in [0.2, 0.25) is 0 Å². The largest absolute Gasteiger partial charge is 0.493 e. The van der Waals surface area contributed by atoms with Crippen LogP contribution in [0.2, 0.25) is 0 Å². The van der Waals surface area contributed by atoms with Crippen molar-refractivity contribution in [1.82, 2.24) is 0 Å². The van der Waals surface area contributed by atoms with Gasteiger partial charge in [0.05, 0.1) is 13.2 Å². The molecule has 0 amide bonds. The summed E-state index contributed by atoms with van der Waals surface area (Å²) in [7, 11) is 0. The van der Waals surface area contributed by atoms with Gasteiger partial charge in [0, 0.05) is 5.56 Å². The summed E-state index contributed by atoms with van der Waals surface area (Å²) in [5.41, 5.74) is 2.26. The Balaban J connectivity index is 2.07. The van der Waals surface area contributed by atoms with Crippen molar-refractivity contribution >= 4 is 10.8 Å². The first-order chi connectivity index (χ1) is 12.5. The summed E-state index contributed by atoms with van der Waals surface area (Å²) < 4.78 is 12.1. The summed E-state index contributed by atoms with van der Waals surface area (Å²) in [5, 5.41) is 2.46. The maximum atomic E-state index is 6.13. The van der Waals surface area contributed by atoms with Crippen LogP contribution in [0.3, 0.4) is 0 Å². The second-order valence-corrected chi connectivity index (χ2v) is 7.59. The predicted molar refractivity (Wildman–Crippen MR) is 110 cm³/mol. The van der Waals surface area contributed by atoms with Crippen molar-refractivity contribution in [2.24, 2.45) is 11.8 Å². The fourth-order valence-electron chi connectivity index (χ4n) is 2.91. The molecule has 0 aliphatic carbocycles. The lowest BCUT2D eigenvalue weighted by molar-refractivity contribution is 0.265. The van der Waals surface area contributed by atoms with Gasteiger partial charge in [-0.3, -0.25) is 0 Å². The van der Waals surface area contributed by atoms with Crippen molar-refractivity contribution in [3.8, 4) is 22.6 Å². The van der Waals surface area contributed by atoms with E-state index < -0.39 is 0 Å². The zero-order valence-electron chi connectivity index (χ0n) is 16.2. The molecular weight excluding hydrogens is 320 g/mol. The maximum Gasteiger partial charge on any atom is 0.127 e. The number of hydrogen-bond acceptors (Lipinski definition) is 2. The molecule has 0 fully saturated rings. The van der Waals surface area contributed by atoms with Crippen LogP contribution in [0.25, 0.3) is 21.9 Å². The van der Waals surface area contributed by atoms with Crippen molar-refractivity contribution in [2.75, 3.05) is 13.2 Å². The molecule has 2 nitrogen and oxygen atoms in total. The Bertz CT molecular complexity index is 860. The molecule has 26 heavy (non-hydrogen) atoms. The molecule has 3 aromatic rings. The van der Waals surface area contributed by atoms with Gasteiger partial charge in [-0.2, -0.15) is 0 Å². The van der Waals surface area contributed by atoms with Crippen molar-refractivity contribution in [1.29, 1.82) is 0 Å². The van der Waals surface area contributed by atoms with Gasteiger partial charge < -0.3 is 9.47 Å². The third-order valence-corrected chi connectivity index (χ3v) is 4.19. The monoisotopic (exact) mass is 348 g/mol. The van der Waals surface area contributed by atoms with E-state index in [2.05, 4.69) is 76.2 Å². The number of hydrogen-bond donors (Lipinski definition) is 0. The zero-order valence-corrected chi connectivity index (χ0v) is 16.2. The molecule has 0 aromatic heterocycles. The standard InChI is InChI=1S/C24H28O2/c1-17(2)15-25-20-12-13-24(26-16-18(3)4)23(14-20)22-11-7-9-19-8-5-6-10-21(19)22/h5-14,17-18H,15-16H2,1-4H3. The minimum atomic E-state index is 0.479.